The van der Waals surface area contributed by atoms with Gasteiger partial charge in [-0.15, -0.1) is 0 Å². The van der Waals surface area contributed by atoms with E-state index in [2.05, 4.69) is 5.32 Å². The molecule has 0 aliphatic heterocycles. The highest BCUT2D eigenvalue weighted by Gasteiger charge is 2.25. The third-order valence-electron chi connectivity index (χ3n) is 5.01. The molecule has 3 unspecified atom stereocenters. The molecule has 8 heteroatoms. The van der Waals surface area contributed by atoms with E-state index >= 15 is 0 Å². The van der Waals surface area contributed by atoms with Crippen LogP contribution in [0.2, 0.25) is 5.02 Å². The molecule has 0 bridgehead atoms. The molecule has 2 aromatic rings. The third kappa shape index (κ3) is 5.11. The minimum absolute atomic E-state index is 0.170. The van der Waals surface area contributed by atoms with Gasteiger partial charge in [-0.2, -0.15) is 0 Å². The number of rotatable bonds is 7. The summed E-state index contributed by atoms with van der Waals surface area (Å²) in [6, 6.07) is 8.10. The highest BCUT2D eigenvalue weighted by atomic mass is 35.5. The average molecular weight is 447 g/mol. The lowest BCUT2D eigenvalue weighted by Crippen LogP contribution is -2.23. The Kier molecular flexibility index (Phi) is 6.75. The standard InChI is InChI=1S/C23H24ClFN2O4/c1-12-4-5-15(8-17(12)23(28)29)31-13(2)27-22-11-19(24)18(10-21(22)26)16-7-6-14(30-3)9-20(16)25/h4-11,13,16,20,27H,26H2,1-3H3,(H,28,29). The minimum atomic E-state index is -1.29. The van der Waals surface area contributed by atoms with Crippen molar-refractivity contribution >= 4 is 28.9 Å². The van der Waals surface area contributed by atoms with E-state index in [9.17, 15) is 14.3 Å². The van der Waals surface area contributed by atoms with Gasteiger partial charge in [0, 0.05) is 10.9 Å². The van der Waals surface area contributed by atoms with Crippen LogP contribution < -0.4 is 15.8 Å². The van der Waals surface area contributed by atoms with E-state index in [-0.39, 0.29) is 5.56 Å². The zero-order valence-corrected chi connectivity index (χ0v) is 18.1. The summed E-state index contributed by atoms with van der Waals surface area (Å²) >= 11 is 6.43. The number of anilines is 2. The molecule has 3 atom stereocenters. The number of nitrogen functional groups attached to an aromatic ring is 1. The van der Waals surface area contributed by atoms with Crippen molar-refractivity contribution in [3.05, 3.63) is 76.0 Å². The molecule has 31 heavy (non-hydrogen) atoms. The lowest BCUT2D eigenvalue weighted by atomic mass is 9.90. The number of benzene rings is 2. The monoisotopic (exact) mass is 446 g/mol. The number of nitrogens with one attached hydrogen (secondary N) is 1. The van der Waals surface area contributed by atoms with E-state index < -0.39 is 24.3 Å². The largest absolute Gasteiger partial charge is 0.497 e. The Morgan fingerprint density at radius 2 is 2.06 bits per heavy atom. The van der Waals surface area contributed by atoms with Gasteiger partial charge >= 0.3 is 5.97 Å². The van der Waals surface area contributed by atoms with E-state index in [1.807, 2.05) is 0 Å². The van der Waals surface area contributed by atoms with Gasteiger partial charge in [-0.1, -0.05) is 23.7 Å². The molecule has 0 saturated heterocycles. The van der Waals surface area contributed by atoms with Crippen molar-refractivity contribution in [3.63, 3.8) is 0 Å². The van der Waals surface area contributed by atoms with Crippen molar-refractivity contribution in [2.45, 2.75) is 32.2 Å². The average Bonchev–Trinajstić information content (AvgIpc) is 2.71. The molecule has 1 aliphatic rings. The number of nitrogens with two attached hydrogens (primary N) is 1. The maximum absolute atomic E-state index is 14.6. The smallest absolute Gasteiger partial charge is 0.336 e. The molecule has 0 heterocycles. The van der Waals surface area contributed by atoms with E-state index in [4.69, 9.17) is 26.8 Å². The van der Waals surface area contributed by atoms with Gasteiger partial charge in [-0.3, -0.25) is 0 Å². The molecule has 0 fully saturated rings. The van der Waals surface area contributed by atoms with Crippen LogP contribution in [-0.2, 0) is 4.74 Å². The molecule has 0 spiro atoms. The van der Waals surface area contributed by atoms with Crippen LogP contribution >= 0.6 is 11.6 Å². The number of carboxylic acids is 1. The number of aryl methyl sites for hydroxylation is 1. The van der Waals surface area contributed by atoms with Gasteiger partial charge in [0.05, 0.1) is 24.0 Å². The topological polar surface area (TPSA) is 93.8 Å². The van der Waals surface area contributed by atoms with Gasteiger partial charge in [0.15, 0.2) is 6.23 Å². The fourth-order valence-corrected chi connectivity index (χ4v) is 3.67. The van der Waals surface area contributed by atoms with Crippen molar-refractivity contribution in [3.8, 4) is 5.75 Å². The molecule has 1 aliphatic carbocycles. The van der Waals surface area contributed by atoms with E-state index in [1.165, 1.54) is 19.3 Å². The van der Waals surface area contributed by atoms with E-state index in [1.54, 1.807) is 50.3 Å². The van der Waals surface area contributed by atoms with Crippen LogP contribution in [0.5, 0.6) is 5.75 Å². The SMILES string of the molecule is COC1=CC(F)C(c2cc(N)c(NC(C)Oc3ccc(C)c(C(=O)O)c3)cc2Cl)C=C1. The summed E-state index contributed by atoms with van der Waals surface area (Å²) in [5, 5.41) is 12.7. The van der Waals surface area contributed by atoms with Crippen LogP contribution in [-0.4, -0.2) is 30.6 Å². The predicted molar refractivity (Wildman–Crippen MR) is 120 cm³/mol. The summed E-state index contributed by atoms with van der Waals surface area (Å²) in [7, 11) is 1.48. The molecular weight excluding hydrogens is 423 g/mol. The number of ether oxygens (including phenoxy) is 2. The summed E-state index contributed by atoms with van der Waals surface area (Å²) in [5.41, 5.74) is 8.46. The van der Waals surface area contributed by atoms with Crippen LogP contribution in [0.25, 0.3) is 0 Å². The fourth-order valence-electron chi connectivity index (χ4n) is 3.38. The summed E-state index contributed by atoms with van der Waals surface area (Å²) in [4.78, 5) is 11.3. The molecule has 164 valence electrons. The number of methoxy groups -OCH3 is 1. The lowest BCUT2D eigenvalue weighted by molar-refractivity contribution is 0.0695. The number of aromatic carboxylic acids is 1. The second-order valence-electron chi connectivity index (χ2n) is 7.25. The molecule has 6 nitrogen and oxygen atoms in total. The number of carboxylic acid groups (broad SMARTS) is 1. The summed E-state index contributed by atoms with van der Waals surface area (Å²) in [5.74, 6) is -0.735. The summed E-state index contributed by atoms with van der Waals surface area (Å²) < 4.78 is 25.4. The Morgan fingerprint density at radius 3 is 2.71 bits per heavy atom. The first-order valence-corrected chi connectivity index (χ1v) is 10.0. The Hall–Kier alpha value is -3.19. The second kappa shape index (κ2) is 9.31. The molecule has 4 N–H and O–H groups in total. The van der Waals surface area contributed by atoms with Crippen LogP contribution in [0.15, 0.2) is 54.3 Å². The highest BCUT2D eigenvalue weighted by molar-refractivity contribution is 6.32. The maximum Gasteiger partial charge on any atom is 0.336 e. The first kappa shape index (κ1) is 22.5. The first-order chi connectivity index (χ1) is 14.7. The fraction of sp³-hybridized carbons (Fsp3) is 0.261. The third-order valence-corrected chi connectivity index (χ3v) is 5.34. The van der Waals surface area contributed by atoms with E-state index in [0.29, 0.717) is 39.0 Å². The van der Waals surface area contributed by atoms with Crippen molar-refractivity contribution < 1.29 is 23.8 Å². The van der Waals surface area contributed by atoms with Crippen molar-refractivity contribution in [1.82, 2.24) is 0 Å². The Morgan fingerprint density at radius 1 is 1.32 bits per heavy atom. The van der Waals surface area contributed by atoms with Gasteiger partial charge in [-0.05, 0) is 61.4 Å². The number of carbonyl (C=O) groups is 1. The van der Waals surface area contributed by atoms with Crippen molar-refractivity contribution in [1.29, 1.82) is 0 Å². The van der Waals surface area contributed by atoms with Gasteiger partial charge < -0.3 is 25.6 Å². The van der Waals surface area contributed by atoms with Crippen molar-refractivity contribution in [2.75, 3.05) is 18.2 Å². The van der Waals surface area contributed by atoms with Gasteiger partial charge in [0.2, 0.25) is 0 Å². The number of hydrogen-bond acceptors (Lipinski definition) is 5. The molecule has 2 aromatic carbocycles. The zero-order valence-electron chi connectivity index (χ0n) is 17.4. The van der Waals surface area contributed by atoms with Gasteiger partial charge in [0.1, 0.15) is 17.7 Å². The zero-order chi connectivity index (χ0) is 22.7. The van der Waals surface area contributed by atoms with Crippen molar-refractivity contribution in [2.24, 2.45) is 0 Å². The Labute approximate surface area is 185 Å². The number of alkyl halides is 1. The number of allylic oxidation sites excluding steroid dienone is 3. The molecule has 3 rings (SSSR count). The Bertz CT molecular complexity index is 1050. The predicted octanol–water partition coefficient (Wildman–Crippen LogP) is 5.29. The van der Waals surface area contributed by atoms with Gasteiger partial charge in [0.25, 0.3) is 0 Å². The summed E-state index contributed by atoms with van der Waals surface area (Å²) in [6.07, 6.45) is 2.96. The molecule has 0 aromatic heterocycles. The van der Waals surface area contributed by atoms with Crippen LogP contribution in [0.1, 0.15) is 34.3 Å². The Balaban J connectivity index is 1.75. The number of hydrogen-bond donors (Lipinski definition) is 3. The molecular formula is C23H24ClFN2O4. The van der Waals surface area contributed by atoms with Crippen LogP contribution in [0, 0.1) is 6.92 Å². The first-order valence-electron chi connectivity index (χ1n) is 9.63. The molecule has 0 saturated carbocycles. The lowest BCUT2D eigenvalue weighted by Gasteiger charge is -2.24. The normalized spacial score (nSPS) is 18.8. The maximum atomic E-state index is 14.6. The minimum Gasteiger partial charge on any atom is -0.497 e. The van der Waals surface area contributed by atoms with E-state index in [0.717, 1.165) is 0 Å². The highest BCUT2D eigenvalue weighted by Crippen LogP contribution is 2.38. The van der Waals surface area contributed by atoms with Crippen LogP contribution in [0.3, 0.4) is 0 Å². The van der Waals surface area contributed by atoms with Gasteiger partial charge in [-0.25, -0.2) is 9.18 Å². The second-order valence-corrected chi connectivity index (χ2v) is 7.66. The quantitative estimate of drug-likeness (QED) is 0.395. The molecule has 0 amide bonds. The number of halogens is 2. The van der Waals surface area contributed by atoms with Crippen LogP contribution in [0.4, 0.5) is 15.8 Å². The summed E-state index contributed by atoms with van der Waals surface area (Å²) in [6.45, 7) is 3.47. The molecule has 0 radical (unpaired) electrons.